The van der Waals surface area contributed by atoms with E-state index >= 15 is 0 Å². The molecule has 2 N–H and O–H groups in total. The minimum atomic E-state index is -0.976. The quantitative estimate of drug-likeness (QED) is 0.758. The van der Waals surface area contributed by atoms with Crippen molar-refractivity contribution in [3.05, 3.63) is 0 Å². The second kappa shape index (κ2) is 4.12. The summed E-state index contributed by atoms with van der Waals surface area (Å²) in [6, 6.07) is 0. The lowest BCUT2D eigenvalue weighted by atomic mass is 9.66. The van der Waals surface area contributed by atoms with E-state index in [1.165, 1.54) is 0 Å². The van der Waals surface area contributed by atoms with Crippen LogP contribution in [0.3, 0.4) is 0 Å². The van der Waals surface area contributed by atoms with Crippen LogP contribution in [-0.2, 0) is 4.79 Å². The topological polar surface area (TPSA) is 57.5 Å². The van der Waals surface area contributed by atoms with Crippen LogP contribution in [0.1, 0.15) is 52.9 Å². The fraction of sp³-hybridized carbons (Fsp3) is 0.917. The Hall–Kier alpha value is -0.570. The smallest absolute Gasteiger partial charge is 0.309 e. The summed E-state index contributed by atoms with van der Waals surface area (Å²) in [5, 5.41) is 19.4. The van der Waals surface area contributed by atoms with E-state index in [9.17, 15) is 9.90 Å². The molecule has 0 spiro atoms. The molecule has 1 rings (SSSR count). The minimum Gasteiger partial charge on any atom is -0.481 e. The number of carboxylic acid groups (broad SMARTS) is 1. The van der Waals surface area contributed by atoms with Crippen molar-refractivity contribution in [1.29, 1.82) is 0 Å². The standard InChI is InChI=1S/C12H22O3/c1-4-9(10(13)14)12(15)7-5-11(2,3)6-8-12/h9,15H,4-8H2,1-3H3,(H,13,14). The third kappa shape index (κ3) is 2.71. The van der Waals surface area contributed by atoms with Gasteiger partial charge in [0.15, 0.2) is 0 Å². The number of hydrogen-bond donors (Lipinski definition) is 2. The Labute approximate surface area is 91.5 Å². The molecular weight excluding hydrogens is 192 g/mol. The predicted molar refractivity (Wildman–Crippen MR) is 58.6 cm³/mol. The Balaban J connectivity index is 2.72. The zero-order valence-corrected chi connectivity index (χ0v) is 9.92. The van der Waals surface area contributed by atoms with E-state index in [0.29, 0.717) is 19.3 Å². The van der Waals surface area contributed by atoms with E-state index in [1.807, 2.05) is 6.92 Å². The highest BCUT2D eigenvalue weighted by atomic mass is 16.4. The van der Waals surface area contributed by atoms with Crippen LogP contribution < -0.4 is 0 Å². The van der Waals surface area contributed by atoms with Crippen molar-refractivity contribution >= 4 is 5.97 Å². The monoisotopic (exact) mass is 214 g/mol. The average Bonchev–Trinajstić information content (AvgIpc) is 2.12. The molecule has 0 radical (unpaired) electrons. The summed E-state index contributed by atoms with van der Waals surface area (Å²) in [5.74, 6) is -1.46. The zero-order chi connectivity index (χ0) is 11.7. The number of carbonyl (C=O) groups is 1. The Kier molecular flexibility index (Phi) is 3.44. The first kappa shape index (κ1) is 12.5. The average molecular weight is 214 g/mol. The van der Waals surface area contributed by atoms with E-state index in [1.54, 1.807) is 0 Å². The van der Waals surface area contributed by atoms with Gasteiger partial charge in [-0.2, -0.15) is 0 Å². The van der Waals surface area contributed by atoms with Crippen molar-refractivity contribution in [3.8, 4) is 0 Å². The van der Waals surface area contributed by atoms with E-state index in [2.05, 4.69) is 13.8 Å². The second-order valence-electron chi connectivity index (χ2n) is 5.57. The molecule has 0 bridgehead atoms. The van der Waals surface area contributed by atoms with Crippen LogP contribution in [0.5, 0.6) is 0 Å². The summed E-state index contributed by atoms with van der Waals surface area (Å²) in [7, 11) is 0. The lowest BCUT2D eigenvalue weighted by molar-refractivity contribution is -0.157. The number of aliphatic carboxylic acids is 1. The highest BCUT2D eigenvalue weighted by Crippen LogP contribution is 2.44. The molecule has 0 aliphatic heterocycles. The molecule has 1 atom stereocenters. The van der Waals surface area contributed by atoms with Gasteiger partial charge in [-0.05, 0) is 37.5 Å². The fourth-order valence-electron chi connectivity index (χ4n) is 2.49. The van der Waals surface area contributed by atoms with E-state index < -0.39 is 17.5 Å². The molecule has 1 unspecified atom stereocenters. The van der Waals surface area contributed by atoms with Crippen LogP contribution in [-0.4, -0.2) is 21.8 Å². The molecule has 15 heavy (non-hydrogen) atoms. The Morgan fingerprint density at radius 3 is 2.07 bits per heavy atom. The van der Waals surface area contributed by atoms with Gasteiger partial charge in [0, 0.05) is 0 Å². The first-order valence-electron chi connectivity index (χ1n) is 5.76. The van der Waals surface area contributed by atoms with Crippen molar-refractivity contribution in [3.63, 3.8) is 0 Å². The molecule has 1 aliphatic carbocycles. The van der Waals surface area contributed by atoms with Gasteiger partial charge in [-0.15, -0.1) is 0 Å². The molecular formula is C12H22O3. The Bertz CT molecular complexity index is 235. The van der Waals surface area contributed by atoms with Crippen LogP contribution in [0.25, 0.3) is 0 Å². The first-order valence-corrected chi connectivity index (χ1v) is 5.76. The molecule has 0 aromatic heterocycles. The van der Waals surface area contributed by atoms with Gasteiger partial charge in [0.05, 0.1) is 11.5 Å². The molecule has 0 aromatic rings. The maximum Gasteiger partial charge on any atom is 0.309 e. The molecule has 1 aliphatic rings. The molecule has 0 saturated heterocycles. The van der Waals surface area contributed by atoms with Gasteiger partial charge >= 0.3 is 5.97 Å². The van der Waals surface area contributed by atoms with Crippen molar-refractivity contribution < 1.29 is 15.0 Å². The van der Waals surface area contributed by atoms with Crippen LogP contribution >= 0.6 is 0 Å². The normalized spacial score (nSPS) is 25.9. The first-order chi connectivity index (χ1) is 6.81. The molecule has 88 valence electrons. The van der Waals surface area contributed by atoms with Gasteiger partial charge in [-0.3, -0.25) is 4.79 Å². The summed E-state index contributed by atoms with van der Waals surface area (Å²) in [6.45, 7) is 6.18. The summed E-state index contributed by atoms with van der Waals surface area (Å²) in [4.78, 5) is 11.0. The van der Waals surface area contributed by atoms with E-state index in [-0.39, 0.29) is 5.41 Å². The molecule has 0 aromatic carbocycles. The number of aliphatic hydroxyl groups is 1. The lowest BCUT2D eigenvalue weighted by Gasteiger charge is -2.43. The molecule has 1 saturated carbocycles. The van der Waals surface area contributed by atoms with Gasteiger partial charge in [-0.25, -0.2) is 0 Å². The zero-order valence-electron chi connectivity index (χ0n) is 9.92. The SMILES string of the molecule is CCC(C(=O)O)C1(O)CCC(C)(C)CC1. The second-order valence-corrected chi connectivity index (χ2v) is 5.57. The van der Waals surface area contributed by atoms with Crippen molar-refractivity contribution in [2.75, 3.05) is 0 Å². The minimum absolute atomic E-state index is 0.253. The maximum absolute atomic E-state index is 11.0. The van der Waals surface area contributed by atoms with E-state index in [4.69, 9.17) is 5.11 Å². The van der Waals surface area contributed by atoms with Crippen molar-refractivity contribution in [1.82, 2.24) is 0 Å². The van der Waals surface area contributed by atoms with Gasteiger partial charge in [0.2, 0.25) is 0 Å². The van der Waals surface area contributed by atoms with Crippen LogP contribution in [0.2, 0.25) is 0 Å². The van der Waals surface area contributed by atoms with Crippen molar-refractivity contribution in [2.45, 2.75) is 58.5 Å². The number of hydrogen-bond acceptors (Lipinski definition) is 2. The number of carboxylic acids is 1. The molecule has 0 heterocycles. The molecule has 3 nitrogen and oxygen atoms in total. The third-order valence-corrected chi connectivity index (χ3v) is 3.82. The lowest BCUT2D eigenvalue weighted by Crippen LogP contribution is -2.46. The van der Waals surface area contributed by atoms with Gasteiger partial charge < -0.3 is 10.2 Å². The highest BCUT2D eigenvalue weighted by Gasteiger charge is 2.44. The Morgan fingerprint density at radius 2 is 1.73 bits per heavy atom. The number of rotatable bonds is 3. The summed E-state index contributed by atoms with van der Waals surface area (Å²) >= 11 is 0. The summed E-state index contributed by atoms with van der Waals surface area (Å²) < 4.78 is 0. The predicted octanol–water partition coefficient (Wildman–Crippen LogP) is 2.43. The van der Waals surface area contributed by atoms with Crippen molar-refractivity contribution in [2.24, 2.45) is 11.3 Å². The summed E-state index contributed by atoms with van der Waals surface area (Å²) in [6.07, 6.45) is 3.56. The van der Waals surface area contributed by atoms with Crippen LogP contribution in [0, 0.1) is 11.3 Å². The fourth-order valence-corrected chi connectivity index (χ4v) is 2.49. The summed E-state index contributed by atoms with van der Waals surface area (Å²) in [5.41, 5.74) is -0.723. The van der Waals surface area contributed by atoms with E-state index in [0.717, 1.165) is 12.8 Å². The van der Waals surface area contributed by atoms with Crippen LogP contribution in [0.4, 0.5) is 0 Å². The van der Waals surface area contributed by atoms with Gasteiger partial charge in [0.25, 0.3) is 0 Å². The highest BCUT2D eigenvalue weighted by molar-refractivity contribution is 5.71. The Morgan fingerprint density at radius 1 is 1.27 bits per heavy atom. The van der Waals surface area contributed by atoms with Crippen LogP contribution in [0.15, 0.2) is 0 Å². The van der Waals surface area contributed by atoms with Gasteiger partial charge in [0.1, 0.15) is 0 Å². The molecule has 3 heteroatoms. The third-order valence-electron chi connectivity index (χ3n) is 3.82. The molecule has 1 fully saturated rings. The maximum atomic E-state index is 11.0. The van der Waals surface area contributed by atoms with Gasteiger partial charge in [-0.1, -0.05) is 20.8 Å². The molecule has 0 amide bonds. The largest absolute Gasteiger partial charge is 0.481 e.